The summed E-state index contributed by atoms with van der Waals surface area (Å²) in [6, 6.07) is 13.6. The number of hydrazone groups is 1. The highest BCUT2D eigenvalue weighted by Gasteiger charge is 2.29. The highest BCUT2D eigenvalue weighted by Crippen LogP contribution is 2.37. The Labute approximate surface area is 185 Å². The molecule has 2 heterocycles. The van der Waals surface area contributed by atoms with Crippen molar-refractivity contribution in [2.45, 2.75) is 13.3 Å². The van der Waals surface area contributed by atoms with E-state index in [4.69, 9.17) is 19.2 Å². The minimum atomic E-state index is -0.436. The number of benzene rings is 2. The normalized spacial score (nSPS) is 16.5. The molecule has 0 saturated heterocycles. The number of hydrogen-bond acceptors (Lipinski definition) is 8. The van der Waals surface area contributed by atoms with E-state index in [2.05, 4.69) is 5.10 Å². The number of rotatable bonds is 6. The second kappa shape index (κ2) is 9.26. The van der Waals surface area contributed by atoms with Gasteiger partial charge in [0, 0.05) is 12.1 Å². The van der Waals surface area contributed by atoms with Crippen molar-refractivity contribution in [3.05, 3.63) is 64.7 Å². The molecule has 2 aromatic carbocycles. The Balaban J connectivity index is 1.74. The van der Waals surface area contributed by atoms with E-state index in [1.54, 1.807) is 26.2 Å². The first kappa shape index (κ1) is 21.0. The van der Waals surface area contributed by atoms with Gasteiger partial charge < -0.3 is 14.2 Å². The number of ether oxygens (including phenoxy) is 3. The first-order chi connectivity index (χ1) is 15.1. The topological polar surface area (TPSA) is 72.7 Å². The van der Waals surface area contributed by atoms with Gasteiger partial charge in [0.15, 0.2) is 11.5 Å². The predicted molar refractivity (Wildman–Crippen MR) is 123 cm³/mol. The third-order valence-corrected chi connectivity index (χ3v) is 5.80. The molecule has 0 aromatic heterocycles. The standard InChI is InChI=1S/C23H23N3O4S/c1-4-30-23(27)22-25-26(16-8-6-5-7-9-16)21(31-22)14-18-17-13-20(29-3)19(28-2)12-15(17)10-11-24-18/h5-9,12-14H,4,10-11H2,1-3H3/b21-14-. The lowest BCUT2D eigenvalue weighted by molar-refractivity contribution is -0.134. The van der Waals surface area contributed by atoms with Crippen molar-refractivity contribution in [2.75, 3.05) is 32.4 Å². The van der Waals surface area contributed by atoms with Crippen LogP contribution in [0.25, 0.3) is 0 Å². The van der Waals surface area contributed by atoms with E-state index in [9.17, 15) is 4.79 Å². The van der Waals surface area contributed by atoms with Gasteiger partial charge in [0.25, 0.3) is 0 Å². The molecule has 0 fully saturated rings. The Hall–Kier alpha value is -3.26. The molecule has 8 heteroatoms. The number of anilines is 1. The van der Waals surface area contributed by atoms with Crippen molar-refractivity contribution < 1.29 is 19.0 Å². The van der Waals surface area contributed by atoms with Crippen LogP contribution in [0.1, 0.15) is 18.1 Å². The summed E-state index contributed by atoms with van der Waals surface area (Å²) < 4.78 is 16.1. The lowest BCUT2D eigenvalue weighted by atomic mass is 9.96. The molecule has 0 saturated carbocycles. The molecule has 0 bridgehead atoms. The van der Waals surface area contributed by atoms with E-state index in [0.717, 1.165) is 34.0 Å². The number of fused-ring (bicyclic) bond motifs is 1. The average Bonchev–Trinajstić information content (AvgIpc) is 3.23. The van der Waals surface area contributed by atoms with Crippen molar-refractivity contribution in [3.63, 3.8) is 0 Å². The summed E-state index contributed by atoms with van der Waals surface area (Å²) in [6.45, 7) is 2.74. The van der Waals surface area contributed by atoms with Gasteiger partial charge >= 0.3 is 5.97 Å². The summed E-state index contributed by atoms with van der Waals surface area (Å²) in [4.78, 5) is 17.1. The predicted octanol–water partition coefficient (Wildman–Crippen LogP) is 4.02. The SMILES string of the molecule is CCOC(=O)C1=NN(c2ccccc2)/C(=C/C2=NCCc3cc(OC)c(OC)cc32)S1. The molecule has 0 radical (unpaired) electrons. The fraction of sp³-hybridized carbons (Fsp3) is 0.261. The largest absolute Gasteiger partial charge is 0.493 e. The van der Waals surface area contributed by atoms with Gasteiger partial charge in [-0.25, -0.2) is 9.80 Å². The maximum Gasteiger partial charge on any atom is 0.365 e. The highest BCUT2D eigenvalue weighted by molar-refractivity contribution is 8.19. The van der Waals surface area contributed by atoms with Crippen LogP contribution in [0.5, 0.6) is 11.5 Å². The molecule has 2 aliphatic heterocycles. The summed E-state index contributed by atoms with van der Waals surface area (Å²) in [7, 11) is 3.25. The molecule has 4 rings (SSSR count). The summed E-state index contributed by atoms with van der Waals surface area (Å²) >= 11 is 1.27. The molecule has 2 aromatic rings. The molecular formula is C23H23N3O4S. The molecule has 0 unspecified atom stereocenters. The summed E-state index contributed by atoms with van der Waals surface area (Å²) in [5.41, 5.74) is 3.78. The van der Waals surface area contributed by atoms with E-state index in [1.165, 1.54) is 11.8 Å². The quantitative estimate of drug-likeness (QED) is 0.636. The summed E-state index contributed by atoms with van der Waals surface area (Å²) in [6.07, 6.45) is 2.78. The molecule has 2 aliphatic rings. The van der Waals surface area contributed by atoms with Crippen LogP contribution in [0.3, 0.4) is 0 Å². The fourth-order valence-corrected chi connectivity index (χ4v) is 4.28. The molecular weight excluding hydrogens is 414 g/mol. The maximum atomic E-state index is 12.3. The van der Waals surface area contributed by atoms with Crippen LogP contribution in [0.15, 0.2) is 63.7 Å². The third kappa shape index (κ3) is 4.29. The first-order valence-corrected chi connectivity index (χ1v) is 10.8. The third-order valence-electron chi connectivity index (χ3n) is 4.86. The molecule has 0 N–H and O–H groups in total. The van der Waals surface area contributed by atoms with E-state index in [-0.39, 0.29) is 0 Å². The Kier molecular flexibility index (Phi) is 6.27. The van der Waals surface area contributed by atoms with E-state index in [1.807, 2.05) is 48.5 Å². The van der Waals surface area contributed by atoms with Gasteiger partial charge in [0.2, 0.25) is 5.04 Å². The molecule has 7 nitrogen and oxygen atoms in total. The van der Waals surface area contributed by atoms with Crippen LogP contribution in [0, 0.1) is 0 Å². The van der Waals surface area contributed by atoms with Crippen LogP contribution in [-0.2, 0) is 16.0 Å². The number of carbonyl (C=O) groups excluding carboxylic acids is 1. The van der Waals surface area contributed by atoms with E-state index in [0.29, 0.717) is 29.7 Å². The van der Waals surface area contributed by atoms with Crippen LogP contribution in [-0.4, -0.2) is 44.1 Å². The van der Waals surface area contributed by atoms with Gasteiger partial charge in [-0.1, -0.05) is 18.2 Å². The number of hydrogen-bond donors (Lipinski definition) is 0. The second-order valence-electron chi connectivity index (χ2n) is 6.74. The zero-order valence-corrected chi connectivity index (χ0v) is 18.4. The van der Waals surface area contributed by atoms with Crippen molar-refractivity contribution in [2.24, 2.45) is 10.1 Å². The maximum absolute atomic E-state index is 12.3. The minimum absolute atomic E-state index is 0.292. The number of allylic oxidation sites excluding steroid dienone is 1. The molecule has 31 heavy (non-hydrogen) atoms. The van der Waals surface area contributed by atoms with Crippen LogP contribution < -0.4 is 14.5 Å². The summed E-state index contributed by atoms with van der Waals surface area (Å²) in [5, 5.41) is 7.32. The van der Waals surface area contributed by atoms with Gasteiger partial charge in [-0.3, -0.25) is 4.99 Å². The minimum Gasteiger partial charge on any atom is -0.493 e. The molecule has 0 spiro atoms. The van der Waals surface area contributed by atoms with Crippen molar-refractivity contribution in [1.82, 2.24) is 0 Å². The van der Waals surface area contributed by atoms with Gasteiger partial charge in [-0.15, -0.1) is 0 Å². The zero-order chi connectivity index (χ0) is 21.8. The summed E-state index contributed by atoms with van der Waals surface area (Å²) in [5.74, 6) is 0.912. The first-order valence-electron chi connectivity index (χ1n) is 9.94. The fourth-order valence-electron chi connectivity index (χ4n) is 3.41. The van der Waals surface area contributed by atoms with Crippen LogP contribution in [0.2, 0.25) is 0 Å². The lowest BCUT2D eigenvalue weighted by Crippen LogP contribution is -2.15. The van der Waals surface area contributed by atoms with Gasteiger partial charge in [0.1, 0.15) is 5.03 Å². The molecule has 0 atom stereocenters. The number of para-hydroxylation sites is 1. The Bertz CT molecular complexity index is 1080. The number of carbonyl (C=O) groups is 1. The van der Waals surface area contributed by atoms with Crippen LogP contribution >= 0.6 is 11.8 Å². The van der Waals surface area contributed by atoms with Gasteiger partial charge in [0.05, 0.1) is 32.2 Å². The lowest BCUT2D eigenvalue weighted by Gasteiger charge is -2.20. The molecule has 0 amide bonds. The number of aliphatic imine (C=N–C) groups is 1. The molecule has 160 valence electrons. The monoisotopic (exact) mass is 437 g/mol. The van der Waals surface area contributed by atoms with Crippen molar-refractivity contribution >= 4 is 34.2 Å². The number of esters is 1. The average molecular weight is 438 g/mol. The van der Waals surface area contributed by atoms with E-state index < -0.39 is 5.97 Å². The number of thioether (sulfide) groups is 1. The van der Waals surface area contributed by atoms with E-state index >= 15 is 0 Å². The Morgan fingerprint density at radius 3 is 2.61 bits per heavy atom. The zero-order valence-electron chi connectivity index (χ0n) is 17.6. The second-order valence-corrected chi connectivity index (χ2v) is 7.75. The Morgan fingerprint density at radius 2 is 1.90 bits per heavy atom. The van der Waals surface area contributed by atoms with Crippen molar-refractivity contribution in [3.8, 4) is 11.5 Å². The number of nitrogens with zero attached hydrogens (tertiary/aromatic N) is 3. The highest BCUT2D eigenvalue weighted by atomic mass is 32.2. The van der Waals surface area contributed by atoms with Crippen LogP contribution in [0.4, 0.5) is 5.69 Å². The number of methoxy groups -OCH3 is 2. The van der Waals surface area contributed by atoms with Crippen molar-refractivity contribution in [1.29, 1.82) is 0 Å². The van der Waals surface area contributed by atoms with Gasteiger partial charge in [-0.2, -0.15) is 5.10 Å². The van der Waals surface area contributed by atoms with Gasteiger partial charge in [-0.05, 0) is 61.0 Å². The smallest absolute Gasteiger partial charge is 0.365 e. The molecule has 0 aliphatic carbocycles. The Morgan fingerprint density at radius 1 is 1.16 bits per heavy atom.